The summed E-state index contributed by atoms with van der Waals surface area (Å²) in [6.45, 7) is 0.946. The number of rotatable bonds is 6. The van der Waals surface area contributed by atoms with Gasteiger partial charge >= 0.3 is 0 Å². The summed E-state index contributed by atoms with van der Waals surface area (Å²) >= 11 is 0. The van der Waals surface area contributed by atoms with E-state index in [4.69, 9.17) is 4.74 Å². The molecule has 5 heteroatoms. The summed E-state index contributed by atoms with van der Waals surface area (Å²) in [4.78, 5) is 8.32. The van der Waals surface area contributed by atoms with Gasteiger partial charge in [-0.1, -0.05) is 19.3 Å². The van der Waals surface area contributed by atoms with Crippen molar-refractivity contribution < 1.29 is 4.74 Å². The fourth-order valence-electron chi connectivity index (χ4n) is 2.05. The van der Waals surface area contributed by atoms with Crippen molar-refractivity contribution in [1.29, 1.82) is 0 Å². The number of nitrogens with zero attached hydrogens (tertiary/aromatic N) is 2. The van der Waals surface area contributed by atoms with Crippen molar-refractivity contribution in [1.82, 2.24) is 9.97 Å². The van der Waals surface area contributed by atoms with Crippen LogP contribution in [0.5, 0.6) is 5.75 Å². The van der Waals surface area contributed by atoms with Gasteiger partial charge < -0.3 is 15.4 Å². The normalized spacial score (nSPS) is 15.2. The van der Waals surface area contributed by atoms with Crippen molar-refractivity contribution in [2.75, 3.05) is 31.3 Å². The number of aromatic nitrogens is 2. The Bertz CT molecular complexity index is 366. The lowest BCUT2D eigenvalue weighted by molar-refractivity contribution is 0.302. The molecule has 2 N–H and O–H groups in total. The van der Waals surface area contributed by atoms with Gasteiger partial charge in [-0.05, 0) is 12.3 Å². The fourth-order valence-corrected chi connectivity index (χ4v) is 2.05. The second kappa shape index (κ2) is 5.70. The summed E-state index contributed by atoms with van der Waals surface area (Å²) in [6.07, 6.45) is 6.90. The summed E-state index contributed by atoms with van der Waals surface area (Å²) in [5.74, 6) is 3.07. The Morgan fingerprint density at radius 3 is 2.71 bits per heavy atom. The minimum Gasteiger partial charge on any atom is -0.490 e. The first-order valence-electron chi connectivity index (χ1n) is 6.15. The van der Waals surface area contributed by atoms with E-state index >= 15 is 0 Å². The molecule has 5 nitrogen and oxygen atoms in total. The molecule has 0 saturated heterocycles. The lowest BCUT2D eigenvalue weighted by Crippen LogP contribution is -2.16. The van der Waals surface area contributed by atoms with Crippen molar-refractivity contribution >= 4 is 11.6 Å². The molecule has 1 aliphatic carbocycles. The molecule has 0 radical (unpaired) electrons. The first kappa shape index (κ1) is 12.0. The lowest BCUT2D eigenvalue weighted by atomic mass is 9.83. The van der Waals surface area contributed by atoms with Crippen LogP contribution < -0.4 is 15.4 Å². The van der Waals surface area contributed by atoms with E-state index in [1.54, 1.807) is 13.4 Å². The summed E-state index contributed by atoms with van der Waals surface area (Å²) < 4.78 is 5.32. The van der Waals surface area contributed by atoms with Gasteiger partial charge in [-0.15, -0.1) is 0 Å². The van der Waals surface area contributed by atoms with Crippen molar-refractivity contribution in [3.8, 4) is 5.75 Å². The Morgan fingerprint density at radius 2 is 2.12 bits per heavy atom. The molecule has 0 aliphatic heterocycles. The predicted octanol–water partition coefficient (Wildman–Crippen LogP) is 2.13. The third kappa shape index (κ3) is 2.78. The second-order valence-corrected chi connectivity index (χ2v) is 4.37. The number of ether oxygens (including phenoxy) is 1. The van der Waals surface area contributed by atoms with E-state index < -0.39 is 0 Å². The van der Waals surface area contributed by atoms with Crippen LogP contribution in [0.1, 0.15) is 25.7 Å². The SMILES string of the molecule is CNc1ncnc(NCCC2CCC2)c1OC. The van der Waals surface area contributed by atoms with E-state index in [1.807, 2.05) is 7.05 Å². The molecule has 1 aromatic heterocycles. The van der Waals surface area contributed by atoms with Crippen molar-refractivity contribution in [2.45, 2.75) is 25.7 Å². The molecule has 2 rings (SSSR count). The molecule has 94 valence electrons. The summed E-state index contributed by atoms with van der Waals surface area (Å²) in [7, 11) is 3.46. The monoisotopic (exact) mass is 236 g/mol. The highest BCUT2D eigenvalue weighted by molar-refractivity contribution is 5.63. The van der Waals surface area contributed by atoms with Gasteiger partial charge in [0.15, 0.2) is 11.6 Å². The van der Waals surface area contributed by atoms with Crippen LogP contribution in [-0.2, 0) is 0 Å². The zero-order chi connectivity index (χ0) is 12.1. The van der Waals surface area contributed by atoms with Crippen LogP contribution >= 0.6 is 0 Å². The highest BCUT2D eigenvalue weighted by Gasteiger charge is 2.17. The van der Waals surface area contributed by atoms with Gasteiger partial charge in [-0.25, -0.2) is 9.97 Å². The molecule has 1 aliphatic rings. The van der Waals surface area contributed by atoms with E-state index in [9.17, 15) is 0 Å². The van der Waals surface area contributed by atoms with Crippen LogP contribution in [-0.4, -0.2) is 30.7 Å². The molecule has 1 aromatic rings. The maximum absolute atomic E-state index is 5.32. The maximum atomic E-state index is 5.32. The molecule has 0 atom stereocenters. The minimum absolute atomic E-state index is 0.684. The van der Waals surface area contributed by atoms with E-state index in [-0.39, 0.29) is 0 Å². The number of hydrogen-bond acceptors (Lipinski definition) is 5. The molecule has 0 amide bonds. The van der Waals surface area contributed by atoms with Crippen LogP contribution in [0, 0.1) is 5.92 Å². The van der Waals surface area contributed by atoms with E-state index in [2.05, 4.69) is 20.6 Å². The zero-order valence-corrected chi connectivity index (χ0v) is 10.5. The Kier molecular flexibility index (Phi) is 4.01. The number of hydrogen-bond donors (Lipinski definition) is 2. The molecular weight excluding hydrogens is 216 g/mol. The smallest absolute Gasteiger partial charge is 0.204 e. The Morgan fingerprint density at radius 1 is 1.35 bits per heavy atom. The number of nitrogens with one attached hydrogen (secondary N) is 2. The Balaban J connectivity index is 1.93. The Hall–Kier alpha value is -1.52. The molecule has 1 fully saturated rings. The third-order valence-corrected chi connectivity index (χ3v) is 3.31. The van der Waals surface area contributed by atoms with E-state index in [0.717, 1.165) is 18.3 Å². The van der Waals surface area contributed by atoms with Crippen LogP contribution in [0.15, 0.2) is 6.33 Å². The second-order valence-electron chi connectivity index (χ2n) is 4.37. The average Bonchev–Trinajstić information content (AvgIpc) is 2.31. The van der Waals surface area contributed by atoms with Crippen molar-refractivity contribution in [3.05, 3.63) is 6.33 Å². The van der Waals surface area contributed by atoms with E-state index in [1.165, 1.54) is 25.7 Å². The van der Waals surface area contributed by atoms with Crippen molar-refractivity contribution in [2.24, 2.45) is 5.92 Å². The molecule has 17 heavy (non-hydrogen) atoms. The van der Waals surface area contributed by atoms with Crippen LogP contribution in [0.3, 0.4) is 0 Å². The zero-order valence-electron chi connectivity index (χ0n) is 10.5. The third-order valence-electron chi connectivity index (χ3n) is 3.31. The fraction of sp³-hybridized carbons (Fsp3) is 0.667. The highest BCUT2D eigenvalue weighted by Crippen LogP contribution is 2.31. The predicted molar refractivity (Wildman–Crippen MR) is 68.6 cm³/mol. The summed E-state index contributed by atoms with van der Waals surface area (Å²) in [6, 6.07) is 0. The Labute approximate surface area is 102 Å². The van der Waals surface area contributed by atoms with Gasteiger partial charge in [0.25, 0.3) is 0 Å². The standard InChI is InChI=1S/C12H20N4O/c1-13-11-10(17-2)12(16-8-15-11)14-7-6-9-4-3-5-9/h8-9H,3-7H2,1-2H3,(H2,13,14,15,16). The van der Waals surface area contributed by atoms with Gasteiger partial charge in [0.2, 0.25) is 5.75 Å². The van der Waals surface area contributed by atoms with Gasteiger partial charge in [-0.3, -0.25) is 0 Å². The summed E-state index contributed by atoms with van der Waals surface area (Å²) in [5, 5.41) is 6.31. The molecule has 0 aromatic carbocycles. The first-order chi connectivity index (χ1) is 8.35. The first-order valence-corrected chi connectivity index (χ1v) is 6.15. The van der Waals surface area contributed by atoms with Crippen LogP contribution in [0.2, 0.25) is 0 Å². The maximum Gasteiger partial charge on any atom is 0.204 e. The minimum atomic E-state index is 0.684. The van der Waals surface area contributed by atoms with Gasteiger partial charge in [0.1, 0.15) is 6.33 Å². The molecular formula is C12H20N4O. The quantitative estimate of drug-likeness (QED) is 0.792. The molecule has 0 spiro atoms. The van der Waals surface area contributed by atoms with E-state index in [0.29, 0.717) is 11.6 Å². The van der Waals surface area contributed by atoms with Gasteiger partial charge in [-0.2, -0.15) is 0 Å². The molecule has 0 bridgehead atoms. The van der Waals surface area contributed by atoms with Crippen molar-refractivity contribution in [3.63, 3.8) is 0 Å². The largest absolute Gasteiger partial charge is 0.490 e. The topological polar surface area (TPSA) is 59.1 Å². The van der Waals surface area contributed by atoms with Crippen LogP contribution in [0.4, 0.5) is 11.6 Å². The molecule has 0 unspecified atom stereocenters. The van der Waals surface area contributed by atoms with Crippen LogP contribution in [0.25, 0.3) is 0 Å². The molecule has 1 saturated carbocycles. The van der Waals surface area contributed by atoms with Gasteiger partial charge in [0.05, 0.1) is 7.11 Å². The summed E-state index contributed by atoms with van der Waals surface area (Å²) in [5.41, 5.74) is 0. The highest BCUT2D eigenvalue weighted by atomic mass is 16.5. The molecule has 1 heterocycles. The average molecular weight is 236 g/mol. The number of methoxy groups -OCH3 is 1. The lowest BCUT2D eigenvalue weighted by Gasteiger charge is -2.25. The number of anilines is 2. The van der Waals surface area contributed by atoms with Gasteiger partial charge in [0, 0.05) is 13.6 Å².